The van der Waals surface area contributed by atoms with Crippen molar-refractivity contribution in [1.82, 2.24) is 0 Å². The van der Waals surface area contributed by atoms with Gasteiger partial charge in [-0.25, -0.2) is 0 Å². The lowest BCUT2D eigenvalue weighted by molar-refractivity contribution is -0.114. The minimum atomic E-state index is -0.491. The van der Waals surface area contributed by atoms with Gasteiger partial charge in [-0.3, -0.25) is 0 Å². The molecule has 0 aliphatic heterocycles. The monoisotopic (exact) mass is 433 g/mol. The zero-order chi connectivity index (χ0) is 23.0. The van der Waals surface area contributed by atoms with Crippen LogP contribution in [0.25, 0.3) is 55.0 Å². The SMILES string of the molecule is COC(C)(C)C(C)(C)O[B]c1ccc2c3c(cccc13)-c1c-2ccc2oc3ccccc3c12. The van der Waals surface area contributed by atoms with E-state index < -0.39 is 11.2 Å². The number of benzene rings is 4. The van der Waals surface area contributed by atoms with Crippen LogP contribution in [0.1, 0.15) is 27.7 Å². The van der Waals surface area contributed by atoms with E-state index in [1.54, 1.807) is 7.11 Å². The number of methoxy groups -OCH3 is 1. The zero-order valence-electron chi connectivity index (χ0n) is 19.7. The summed E-state index contributed by atoms with van der Waals surface area (Å²) in [6.45, 7) is 8.21. The molecule has 1 aromatic heterocycles. The van der Waals surface area contributed by atoms with Gasteiger partial charge in [0.2, 0.25) is 0 Å². The number of hydrogen-bond donors (Lipinski definition) is 0. The largest absolute Gasteiger partial charge is 0.456 e. The number of para-hydroxylation sites is 1. The van der Waals surface area contributed by atoms with Gasteiger partial charge >= 0.3 is 7.48 Å². The molecule has 0 spiro atoms. The second-order valence-corrected chi connectivity index (χ2v) is 9.85. The summed E-state index contributed by atoms with van der Waals surface area (Å²) in [4.78, 5) is 0. The molecule has 5 aromatic rings. The van der Waals surface area contributed by atoms with Crippen LogP contribution in [0.2, 0.25) is 0 Å². The lowest BCUT2D eigenvalue weighted by atomic mass is 9.79. The van der Waals surface area contributed by atoms with Crippen LogP contribution in [-0.4, -0.2) is 25.8 Å². The summed E-state index contributed by atoms with van der Waals surface area (Å²) >= 11 is 0. The third-order valence-electron chi connectivity index (χ3n) is 7.62. The highest BCUT2D eigenvalue weighted by Gasteiger charge is 2.38. The molecule has 0 saturated heterocycles. The third-order valence-corrected chi connectivity index (χ3v) is 7.62. The van der Waals surface area contributed by atoms with Gasteiger partial charge in [0.05, 0.1) is 11.2 Å². The van der Waals surface area contributed by atoms with E-state index in [2.05, 4.69) is 68.4 Å². The minimum Gasteiger partial charge on any atom is -0.456 e. The Hall–Kier alpha value is -3.08. The van der Waals surface area contributed by atoms with Gasteiger partial charge in [0.15, 0.2) is 0 Å². The molecule has 4 heteroatoms. The van der Waals surface area contributed by atoms with E-state index in [1.807, 2.05) is 33.5 Å². The average molecular weight is 433 g/mol. The molecule has 0 amide bonds. The number of rotatable bonds is 5. The molecule has 6 rings (SSSR count). The maximum absolute atomic E-state index is 6.31. The van der Waals surface area contributed by atoms with Crippen molar-refractivity contribution >= 4 is 45.7 Å². The van der Waals surface area contributed by atoms with Crippen molar-refractivity contribution in [3.8, 4) is 22.3 Å². The standard InChI is InChI=1S/C29H26BO3/c1-28(2,31-5)29(3,4)33-30-22-15-13-17-18-14-16-24-27(20-9-6-7-12-23(20)32-24)26(18)21-11-8-10-19(22)25(17)21/h6-16H,1-5H3. The van der Waals surface area contributed by atoms with Crippen molar-refractivity contribution in [3.63, 3.8) is 0 Å². The quantitative estimate of drug-likeness (QED) is 0.279. The van der Waals surface area contributed by atoms with Gasteiger partial charge in [-0.1, -0.05) is 48.5 Å². The summed E-state index contributed by atoms with van der Waals surface area (Å²) in [6.07, 6.45) is 0. The lowest BCUT2D eigenvalue weighted by Crippen LogP contribution is -2.50. The second kappa shape index (κ2) is 6.96. The molecule has 3 nitrogen and oxygen atoms in total. The molecule has 33 heavy (non-hydrogen) atoms. The van der Waals surface area contributed by atoms with E-state index in [4.69, 9.17) is 13.8 Å². The Morgan fingerprint density at radius 2 is 1.42 bits per heavy atom. The summed E-state index contributed by atoms with van der Waals surface area (Å²) in [5.74, 6) is 0. The van der Waals surface area contributed by atoms with Gasteiger partial charge < -0.3 is 13.8 Å². The van der Waals surface area contributed by atoms with E-state index in [9.17, 15) is 0 Å². The molecule has 0 unspecified atom stereocenters. The average Bonchev–Trinajstić information content (AvgIpc) is 3.35. The van der Waals surface area contributed by atoms with E-state index in [0.717, 1.165) is 22.0 Å². The fraction of sp³-hybridized carbons (Fsp3) is 0.241. The van der Waals surface area contributed by atoms with Crippen LogP contribution in [-0.2, 0) is 9.39 Å². The summed E-state index contributed by atoms with van der Waals surface area (Å²) in [5.41, 5.74) is 7.03. The normalized spacial score (nSPS) is 13.2. The maximum Gasteiger partial charge on any atom is 0.331 e. The third kappa shape index (κ3) is 2.84. The van der Waals surface area contributed by atoms with Gasteiger partial charge in [0.25, 0.3) is 0 Å². The lowest BCUT2D eigenvalue weighted by Gasteiger charge is -2.40. The number of ether oxygens (including phenoxy) is 1. The van der Waals surface area contributed by atoms with Crippen LogP contribution < -0.4 is 5.46 Å². The first-order chi connectivity index (χ1) is 15.8. The van der Waals surface area contributed by atoms with Crippen LogP contribution in [0.15, 0.2) is 71.1 Å². The molecule has 0 fully saturated rings. The van der Waals surface area contributed by atoms with Crippen molar-refractivity contribution in [1.29, 1.82) is 0 Å². The Morgan fingerprint density at radius 1 is 0.667 bits per heavy atom. The van der Waals surface area contributed by atoms with E-state index >= 15 is 0 Å². The van der Waals surface area contributed by atoms with Crippen molar-refractivity contribution in [3.05, 3.63) is 66.7 Å². The predicted octanol–water partition coefficient (Wildman–Crippen LogP) is 6.85. The van der Waals surface area contributed by atoms with Crippen LogP contribution in [0, 0.1) is 0 Å². The molecular weight excluding hydrogens is 407 g/mol. The number of furan rings is 1. The van der Waals surface area contributed by atoms with Gasteiger partial charge in [-0.15, -0.1) is 0 Å². The van der Waals surface area contributed by atoms with Crippen molar-refractivity contribution < 1.29 is 13.8 Å². The smallest absolute Gasteiger partial charge is 0.331 e. The fourth-order valence-electron chi connectivity index (χ4n) is 4.88. The molecular formula is C29H26BO3. The van der Waals surface area contributed by atoms with E-state index in [-0.39, 0.29) is 0 Å². The predicted molar refractivity (Wildman–Crippen MR) is 137 cm³/mol. The molecule has 1 aliphatic rings. The molecule has 4 aromatic carbocycles. The molecule has 0 N–H and O–H groups in total. The highest BCUT2D eigenvalue weighted by molar-refractivity contribution is 6.52. The molecule has 0 saturated carbocycles. The number of hydrogen-bond acceptors (Lipinski definition) is 3. The van der Waals surface area contributed by atoms with Gasteiger partial charge in [-0.2, -0.15) is 0 Å². The Bertz CT molecular complexity index is 1560. The first-order valence-electron chi connectivity index (χ1n) is 11.4. The molecule has 1 aliphatic carbocycles. The van der Waals surface area contributed by atoms with E-state index in [1.165, 1.54) is 38.4 Å². The molecule has 1 heterocycles. The molecule has 1 radical (unpaired) electrons. The van der Waals surface area contributed by atoms with Crippen LogP contribution in [0.3, 0.4) is 0 Å². The maximum atomic E-state index is 6.31. The van der Waals surface area contributed by atoms with Gasteiger partial charge in [0.1, 0.15) is 11.2 Å². The summed E-state index contributed by atoms with van der Waals surface area (Å²) in [7, 11) is 3.61. The van der Waals surface area contributed by atoms with E-state index in [0.29, 0.717) is 0 Å². The first-order valence-corrected chi connectivity index (χ1v) is 11.4. The summed E-state index contributed by atoms with van der Waals surface area (Å²) < 4.78 is 18.2. The molecule has 0 atom stereocenters. The first kappa shape index (κ1) is 20.5. The fourth-order valence-corrected chi connectivity index (χ4v) is 4.88. The Balaban J connectivity index is 1.52. The zero-order valence-corrected chi connectivity index (χ0v) is 19.7. The van der Waals surface area contributed by atoms with Gasteiger partial charge in [0, 0.05) is 23.4 Å². The molecule has 163 valence electrons. The van der Waals surface area contributed by atoms with Crippen molar-refractivity contribution in [2.75, 3.05) is 7.11 Å². The van der Waals surface area contributed by atoms with Crippen LogP contribution >= 0.6 is 0 Å². The summed E-state index contributed by atoms with van der Waals surface area (Å²) in [6, 6.07) is 23.5. The Labute approximate surface area is 194 Å². The minimum absolute atomic E-state index is 0.428. The number of fused-ring (bicyclic) bond motifs is 7. The van der Waals surface area contributed by atoms with Crippen LogP contribution in [0.4, 0.5) is 0 Å². The van der Waals surface area contributed by atoms with Crippen molar-refractivity contribution in [2.24, 2.45) is 0 Å². The van der Waals surface area contributed by atoms with Crippen LogP contribution in [0.5, 0.6) is 0 Å². The topological polar surface area (TPSA) is 31.6 Å². The highest BCUT2D eigenvalue weighted by Crippen LogP contribution is 2.51. The Morgan fingerprint density at radius 3 is 2.24 bits per heavy atom. The molecule has 0 bridgehead atoms. The Kier molecular flexibility index (Phi) is 4.33. The summed E-state index contributed by atoms with van der Waals surface area (Å²) in [5, 5.41) is 4.81. The van der Waals surface area contributed by atoms with Crippen molar-refractivity contribution in [2.45, 2.75) is 38.9 Å². The second-order valence-electron chi connectivity index (χ2n) is 9.85. The highest BCUT2D eigenvalue weighted by atomic mass is 16.5. The van der Waals surface area contributed by atoms with Gasteiger partial charge in [-0.05, 0) is 78.8 Å².